The van der Waals surface area contributed by atoms with Crippen LogP contribution < -0.4 is 14.8 Å². The average Bonchev–Trinajstić information content (AvgIpc) is 2.84. The van der Waals surface area contributed by atoms with Crippen LogP contribution in [0.15, 0.2) is 71.6 Å². The van der Waals surface area contributed by atoms with E-state index in [0.29, 0.717) is 16.5 Å². The van der Waals surface area contributed by atoms with Gasteiger partial charge in [-0.3, -0.25) is 4.79 Å². The van der Waals surface area contributed by atoms with Crippen molar-refractivity contribution in [3.63, 3.8) is 0 Å². The summed E-state index contributed by atoms with van der Waals surface area (Å²) in [6, 6.07) is 17.8. The summed E-state index contributed by atoms with van der Waals surface area (Å²) in [5.41, 5.74) is 2.30. The van der Waals surface area contributed by atoms with Crippen LogP contribution in [0, 0.1) is 0 Å². The van der Waals surface area contributed by atoms with Crippen molar-refractivity contribution in [2.75, 3.05) is 19.5 Å². The van der Waals surface area contributed by atoms with Crippen LogP contribution in [0.25, 0.3) is 0 Å². The first-order valence-corrected chi connectivity index (χ1v) is 12.0. The zero-order valence-corrected chi connectivity index (χ0v) is 19.7. The maximum absolute atomic E-state index is 13.8. The van der Waals surface area contributed by atoms with Crippen LogP contribution >= 0.6 is 11.6 Å². The molecule has 1 heterocycles. The smallest absolute Gasteiger partial charge is 0.247 e. The van der Waals surface area contributed by atoms with Crippen molar-refractivity contribution in [2.45, 2.75) is 23.9 Å². The zero-order chi connectivity index (χ0) is 23.6. The highest BCUT2D eigenvalue weighted by Gasteiger charge is 2.41. The lowest BCUT2D eigenvalue weighted by Crippen LogP contribution is -2.50. The van der Waals surface area contributed by atoms with E-state index in [2.05, 4.69) is 5.32 Å². The molecule has 1 atom stereocenters. The molecule has 0 bridgehead atoms. The minimum Gasteiger partial charge on any atom is -0.497 e. The second-order valence-electron chi connectivity index (χ2n) is 7.55. The molecule has 7 nitrogen and oxygen atoms in total. The normalized spacial score (nSPS) is 16.0. The van der Waals surface area contributed by atoms with Crippen LogP contribution in [0.5, 0.6) is 11.5 Å². The summed E-state index contributed by atoms with van der Waals surface area (Å²) >= 11 is 5.93. The molecule has 9 heteroatoms. The number of ether oxygens (including phenoxy) is 2. The number of nitrogens with zero attached hydrogens (tertiary/aromatic N) is 1. The predicted molar refractivity (Wildman–Crippen MR) is 126 cm³/mol. The van der Waals surface area contributed by atoms with E-state index >= 15 is 0 Å². The van der Waals surface area contributed by atoms with Crippen molar-refractivity contribution in [1.29, 1.82) is 0 Å². The number of nitrogens with one attached hydrogen (secondary N) is 1. The van der Waals surface area contributed by atoms with Crippen LogP contribution in [0.2, 0.25) is 5.02 Å². The van der Waals surface area contributed by atoms with Crippen LogP contribution in [0.3, 0.4) is 0 Å². The number of methoxy groups -OCH3 is 2. The first-order chi connectivity index (χ1) is 15.8. The summed E-state index contributed by atoms with van der Waals surface area (Å²) in [7, 11) is -1.27. The molecule has 0 fully saturated rings. The van der Waals surface area contributed by atoms with Crippen LogP contribution in [-0.2, 0) is 27.8 Å². The molecule has 0 radical (unpaired) electrons. The van der Waals surface area contributed by atoms with Gasteiger partial charge in [0.2, 0.25) is 15.9 Å². The molecule has 3 aromatic carbocycles. The van der Waals surface area contributed by atoms with Gasteiger partial charge >= 0.3 is 0 Å². The van der Waals surface area contributed by atoms with Gasteiger partial charge in [0.15, 0.2) is 0 Å². The molecule has 1 N–H and O–H groups in total. The highest BCUT2D eigenvalue weighted by Crippen LogP contribution is 2.35. The second kappa shape index (κ2) is 9.43. The lowest BCUT2D eigenvalue weighted by atomic mass is 9.95. The summed E-state index contributed by atoms with van der Waals surface area (Å²) in [6.45, 7) is 0.0532. The number of amides is 1. The Hall–Kier alpha value is -3.07. The fourth-order valence-electron chi connectivity index (χ4n) is 3.85. The van der Waals surface area contributed by atoms with Crippen molar-refractivity contribution in [2.24, 2.45) is 0 Å². The Labute approximate surface area is 197 Å². The van der Waals surface area contributed by atoms with Gasteiger partial charge in [-0.1, -0.05) is 35.9 Å². The third-order valence-corrected chi connectivity index (χ3v) is 7.71. The van der Waals surface area contributed by atoms with E-state index in [1.807, 2.05) is 24.3 Å². The quantitative estimate of drug-likeness (QED) is 0.566. The van der Waals surface area contributed by atoms with Crippen molar-refractivity contribution in [3.05, 3.63) is 82.9 Å². The molecular formula is C24H23ClN2O5S. The van der Waals surface area contributed by atoms with E-state index in [-0.39, 0.29) is 23.6 Å². The van der Waals surface area contributed by atoms with Crippen molar-refractivity contribution in [1.82, 2.24) is 4.31 Å². The number of sulfonamides is 1. The number of hydrogen-bond donors (Lipinski definition) is 1. The standard InChI is InChI=1S/C24H23ClN2O5S/c1-31-20-11-12-22(32-2)23(14-20)33(29,30)27-15-17-6-4-3-5-16(17)13-21(27)24(28)26-19-9-7-18(25)8-10-19/h3-12,14,21H,13,15H2,1-2H3,(H,26,28)/t21-/m1/s1. The average molecular weight is 487 g/mol. The van der Waals surface area contributed by atoms with Gasteiger partial charge < -0.3 is 14.8 Å². The Morgan fingerprint density at radius 3 is 2.36 bits per heavy atom. The first kappa shape index (κ1) is 23.1. The molecule has 0 aromatic heterocycles. The van der Waals surface area contributed by atoms with Gasteiger partial charge in [-0.05, 0) is 53.9 Å². The SMILES string of the molecule is COc1ccc(OC)c(S(=O)(=O)N2Cc3ccccc3C[C@@H]2C(=O)Nc2ccc(Cl)cc2)c1. The van der Waals surface area contributed by atoms with Gasteiger partial charge in [0.25, 0.3) is 0 Å². The van der Waals surface area contributed by atoms with Gasteiger partial charge in [0.1, 0.15) is 22.4 Å². The van der Waals surface area contributed by atoms with Crippen LogP contribution in [-0.4, -0.2) is 38.9 Å². The van der Waals surface area contributed by atoms with E-state index in [1.165, 1.54) is 30.7 Å². The van der Waals surface area contributed by atoms with Gasteiger partial charge in [0.05, 0.1) is 14.2 Å². The summed E-state index contributed by atoms with van der Waals surface area (Å²) in [5.74, 6) is 0.109. The van der Waals surface area contributed by atoms with Crippen molar-refractivity contribution in [3.8, 4) is 11.5 Å². The molecule has 0 saturated carbocycles. The Morgan fingerprint density at radius 2 is 1.70 bits per heavy atom. The minimum absolute atomic E-state index is 0.0532. The molecular weight excluding hydrogens is 464 g/mol. The van der Waals surface area contributed by atoms with Gasteiger partial charge in [0, 0.05) is 23.3 Å². The highest BCUT2D eigenvalue weighted by atomic mass is 35.5. The number of anilines is 1. The van der Waals surface area contributed by atoms with Gasteiger partial charge in [-0.25, -0.2) is 8.42 Å². The molecule has 0 unspecified atom stereocenters. The predicted octanol–water partition coefficient (Wildman–Crippen LogP) is 4.11. The molecule has 33 heavy (non-hydrogen) atoms. The third kappa shape index (κ3) is 4.68. The van der Waals surface area contributed by atoms with Crippen molar-refractivity contribution >= 4 is 33.2 Å². The maximum atomic E-state index is 13.8. The maximum Gasteiger partial charge on any atom is 0.247 e. The first-order valence-electron chi connectivity index (χ1n) is 10.2. The van der Waals surface area contributed by atoms with E-state index in [0.717, 1.165) is 11.1 Å². The molecule has 0 aliphatic carbocycles. The Bertz CT molecular complexity index is 1280. The monoisotopic (exact) mass is 486 g/mol. The topological polar surface area (TPSA) is 84.9 Å². The number of hydrogen-bond acceptors (Lipinski definition) is 5. The molecule has 1 aliphatic rings. The number of fused-ring (bicyclic) bond motifs is 1. The van der Waals surface area contributed by atoms with Crippen LogP contribution in [0.1, 0.15) is 11.1 Å². The van der Waals surface area contributed by atoms with E-state index in [9.17, 15) is 13.2 Å². The molecule has 0 saturated heterocycles. The summed E-state index contributed by atoms with van der Waals surface area (Å²) in [4.78, 5) is 13.3. The molecule has 3 aromatic rings. The molecule has 172 valence electrons. The highest BCUT2D eigenvalue weighted by molar-refractivity contribution is 7.89. The number of rotatable bonds is 6. The lowest BCUT2D eigenvalue weighted by molar-refractivity contribution is -0.120. The summed E-state index contributed by atoms with van der Waals surface area (Å²) in [6.07, 6.45) is 0.237. The summed E-state index contributed by atoms with van der Waals surface area (Å²) < 4.78 is 39.5. The fraction of sp³-hybridized carbons (Fsp3) is 0.208. The molecule has 1 amide bonds. The number of halogens is 1. The second-order valence-corrected chi connectivity index (χ2v) is 9.85. The van der Waals surface area contributed by atoms with Crippen molar-refractivity contribution < 1.29 is 22.7 Å². The zero-order valence-electron chi connectivity index (χ0n) is 18.1. The number of carbonyl (C=O) groups is 1. The minimum atomic E-state index is -4.13. The van der Waals surface area contributed by atoms with E-state index < -0.39 is 22.0 Å². The molecule has 1 aliphatic heterocycles. The van der Waals surface area contributed by atoms with Gasteiger partial charge in [-0.15, -0.1) is 0 Å². The molecule has 0 spiro atoms. The Morgan fingerprint density at radius 1 is 1.00 bits per heavy atom. The van der Waals surface area contributed by atoms with E-state index in [1.54, 1.807) is 30.3 Å². The third-order valence-electron chi connectivity index (χ3n) is 5.58. The van der Waals surface area contributed by atoms with E-state index in [4.69, 9.17) is 21.1 Å². The Balaban J connectivity index is 1.76. The summed E-state index contributed by atoms with van der Waals surface area (Å²) in [5, 5.41) is 3.35. The number of benzene rings is 3. The molecule has 4 rings (SSSR count). The largest absolute Gasteiger partial charge is 0.497 e. The Kier molecular flexibility index (Phi) is 6.60. The number of carbonyl (C=O) groups excluding carboxylic acids is 1. The fourth-order valence-corrected chi connectivity index (χ4v) is 5.71. The van der Waals surface area contributed by atoms with Gasteiger partial charge in [-0.2, -0.15) is 4.31 Å². The lowest BCUT2D eigenvalue weighted by Gasteiger charge is -2.35. The van der Waals surface area contributed by atoms with Crippen LogP contribution in [0.4, 0.5) is 5.69 Å².